The van der Waals surface area contributed by atoms with Gasteiger partial charge in [-0.25, -0.2) is 0 Å². The van der Waals surface area contributed by atoms with Crippen LogP contribution in [0.5, 0.6) is 5.75 Å². The Morgan fingerprint density at radius 1 is 1.12 bits per heavy atom. The minimum absolute atomic E-state index is 0.287. The minimum atomic E-state index is 0.287. The number of nitriles is 1. The Morgan fingerprint density at radius 3 is 2.25 bits per heavy atom. The molecule has 0 aromatic heterocycles. The molecule has 0 radical (unpaired) electrons. The molecule has 0 aliphatic heterocycles. The highest BCUT2D eigenvalue weighted by atomic mass is 16.5. The molecule has 1 aliphatic carbocycles. The van der Waals surface area contributed by atoms with Crippen LogP contribution in [0, 0.1) is 17.2 Å². The standard InChI is InChI=1S/C14H17NO/c1-16-14-8-6-13(7-9-14)12-4-2-11(10-15)3-5-12/h6-9,11-12H,2-5H2,1H3/t11-,12-. The Morgan fingerprint density at radius 2 is 1.75 bits per heavy atom. The van der Waals surface area contributed by atoms with Crippen molar-refractivity contribution < 1.29 is 4.74 Å². The van der Waals surface area contributed by atoms with Gasteiger partial charge < -0.3 is 4.74 Å². The molecule has 0 spiro atoms. The Bertz CT molecular complexity index is 369. The second-order valence-electron chi connectivity index (χ2n) is 4.45. The Balaban J connectivity index is 2.00. The van der Waals surface area contributed by atoms with Gasteiger partial charge in [-0.3, -0.25) is 0 Å². The zero-order chi connectivity index (χ0) is 11.4. The summed E-state index contributed by atoms with van der Waals surface area (Å²) >= 11 is 0. The number of hydrogen-bond donors (Lipinski definition) is 0. The summed E-state index contributed by atoms with van der Waals surface area (Å²) in [5.41, 5.74) is 1.39. The van der Waals surface area contributed by atoms with Crippen LogP contribution in [0.3, 0.4) is 0 Å². The van der Waals surface area contributed by atoms with Gasteiger partial charge in [0, 0.05) is 5.92 Å². The van der Waals surface area contributed by atoms with E-state index < -0.39 is 0 Å². The molecule has 2 rings (SSSR count). The van der Waals surface area contributed by atoms with Crippen molar-refractivity contribution in [3.8, 4) is 11.8 Å². The van der Waals surface area contributed by atoms with Crippen molar-refractivity contribution in [2.24, 2.45) is 5.92 Å². The average Bonchev–Trinajstić information content (AvgIpc) is 2.39. The smallest absolute Gasteiger partial charge is 0.118 e. The van der Waals surface area contributed by atoms with Gasteiger partial charge in [-0.2, -0.15) is 5.26 Å². The maximum Gasteiger partial charge on any atom is 0.118 e. The van der Waals surface area contributed by atoms with Crippen LogP contribution in [0.2, 0.25) is 0 Å². The first-order valence-corrected chi connectivity index (χ1v) is 5.87. The van der Waals surface area contributed by atoms with E-state index in [1.807, 2.05) is 12.1 Å². The molecule has 1 aromatic carbocycles. The van der Waals surface area contributed by atoms with Gasteiger partial charge in [0.1, 0.15) is 5.75 Å². The highest BCUT2D eigenvalue weighted by Crippen LogP contribution is 2.35. The highest BCUT2D eigenvalue weighted by Gasteiger charge is 2.21. The zero-order valence-electron chi connectivity index (χ0n) is 9.65. The van der Waals surface area contributed by atoms with Crippen LogP contribution in [-0.2, 0) is 0 Å². The van der Waals surface area contributed by atoms with Crippen LogP contribution in [0.15, 0.2) is 24.3 Å². The van der Waals surface area contributed by atoms with Crippen LogP contribution in [0.4, 0.5) is 0 Å². The van der Waals surface area contributed by atoms with Gasteiger partial charge in [-0.15, -0.1) is 0 Å². The Labute approximate surface area is 96.9 Å². The topological polar surface area (TPSA) is 33.0 Å². The third-order valence-electron chi connectivity index (χ3n) is 3.50. The SMILES string of the molecule is COc1ccc([C@H]2CC[C@H](C#N)CC2)cc1. The lowest BCUT2D eigenvalue weighted by Gasteiger charge is -2.25. The summed E-state index contributed by atoms with van der Waals surface area (Å²) in [6, 6.07) is 10.7. The summed E-state index contributed by atoms with van der Waals surface area (Å²) in [6.45, 7) is 0. The molecular formula is C14H17NO. The molecule has 0 saturated heterocycles. The normalized spacial score (nSPS) is 24.8. The first kappa shape index (κ1) is 11.0. The van der Waals surface area contributed by atoms with Crippen molar-refractivity contribution in [3.63, 3.8) is 0 Å². The quantitative estimate of drug-likeness (QED) is 0.756. The number of benzene rings is 1. The van der Waals surface area contributed by atoms with Gasteiger partial charge in [0.05, 0.1) is 13.2 Å². The molecule has 0 amide bonds. The molecule has 2 heteroatoms. The maximum absolute atomic E-state index is 8.85. The molecule has 2 nitrogen and oxygen atoms in total. The summed E-state index contributed by atoms with van der Waals surface area (Å²) in [4.78, 5) is 0. The van der Waals surface area contributed by atoms with Gasteiger partial charge in [0.25, 0.3) is 0 Å². The maximum atomic E-state index is 8.85. The van der Waals surface area contributed by atoms with E-state index in [0.29, 0.717) is 5.92 Å². The van der Waals surface area contributed by atoms with Crippen molar-refractivity contribution in [1.82, 2.24) is 0 Å². The summed E-state index contributed by atoms with van der Waals surface area (Å²) in [6.07, 6.45) is 4.38. The predicted octanol–water partition coefficient (Wildman–Crippen LogP) is 3.49. The fourth-order valence-corrected chi connectivity index (χ4v) is 2.43. The summed E-state index contributed by atoms with van der Waals surface area (Å²) in [5.74, 6) is 1.83. The number of ether oxygens (including phenoxy) is 1. The van der Waals surface area contributed by atoms with E-state index in [2.05, 4.69) is 18.2 Å². The van der Waals surface area contributed by atoms with Crippen molar-refractivity contribution in [2.45, 2.75) is 31.6 Å². The third-order valence-corrected chi connectivity index (χ3v) is 3.50. The van der Waals surface area contributed by atoms with Crippen molar-refractivity contribution in [3.05, 3.63) is 29.8 Å². The van der Waals surface area contributed by atoms with Crippen LogP contribution < -0.4 is 4.74 Å². The van der Waals surface area contributed by atoms with Crippen LogP contribution in [-0.4, -0.2) is 7.11 Å². The summed E-state index contributed by atoms with van der Waals surface area (Å²) < 4.78 is 5.15. The lowest BCUT2D eigenvalue weighted by atomic mass is 9.79. The number of rotatable bonds is 2. The van der Waals surface area contributed by atoms with E-state index in [4.69, 9.17) is 10.00 Å². The molecule has 0 atom stereocenters. The average molecular weight is 215 g/mol. The van der Waals surface area contributed by atoms with E-state index in [1.165, 1.54) is 5.56 Å². The molecule has 1 fully saturated rings. The zero-order valence-corrected chi connectivity index (χ0v) is 9.65. The number of methoxy groups -OCH3 is 1. The number of hydrogen-bond acceptors (Lipinski definition) is 2. The molecule has 0 bridgehead atoms. The van der Waals surface area contributed by atoms with Crippen LogP contribution in [0.1, 0.15) is 37.2 Å². The van der Waals surface area contributed by atoms with Crippen molar-refractivity contribution >= 4 is 0 Å². The molecule has 1 aromatic rings. The van der Waals surface area contributed by atoms with Gasteiger partial charge >= 0.3 is 0 Å². The van der Waals surface area contributed by atoms with Gasteiger partial charge in [0.15, 0.2) is 0 Å². The highest BCUT2D eigenvalue weighted by molar-refractivity contribution is 5.29. The molecular weight excluding hydrogens is 198 g/mol. The first-order chi connectivity index (χ1) is 7.83. The Hall–Kier alpha value is -1.49. The van der Waals surface area contributed by atoms with E-state index >= 15 is 0 Å². The molecule has 1 saturated carbocycles. The van der Waals surface area contributed by atoms with Crippen molar-refractivity contribution in [2.75, 3.05) is 7.11 Å². The monoisotopic (exact) mass is 215 g/mol. The number of nitrogens with zero attached hydrogens (tertiary/aromatic N) is 1. The predicted molar refractivity (Wildman–Crippen MR) is 63.3 cm³/mol. The second kappa shape index (κ2) is 5.03. The molecule has 0 unspecified atom stereocenters. The Kier molecular flexibility index (Phi) is 3.46. The molecule has 1 aliphatic rings. The molecule has 84 valence electrons. The van der Waals surface area contributed by atoms with Gasteiger partial charge in [0.2, 0.25) is 0 Å². The first-order valence-electron chi connectivity index (χ1n) is 5.87. The molecule has 0 heterocycles. The molecule has 16 heavy (non-hydrogen) atoms. The van der Waals surface area contributed by atoms with E-state index in [9.17, 15) is 0 Å². The van der Waals surface area contributed by atoms with E-state index in [1.54, 1.807) is 7.11 Å². The fraction of sp³-hybridized carbons (Fsp3) is 0.500. The lowest BCUT2D eigenvalue weighted by Crippen LogP contribution is -2.11. The summed E-state index contributed by atoms with van der Waals surface area (Å²) in [5, 5.41) is 8.85. The van der Waals surface area contributed by atoms with Crippen molar-refractivity contribution in [1.29, 1.82) is 5.26 Å². The third kappa shape index (κ3) is 2.36. The minimum Gasteiger partial charge on any atom is -0.497 e. The largest absolute Gasteiger partial charge is 0.497 e. The van der Waals surface area contributed by atoms with Crippen LogP contribution >= 0.6 is 0 Å². The van der Waals surface area contributed by atoms with Gasteiger partial charge in [-0.05, 0) is 49.3 Å². The summed E-state index contributed by atoms with van der Waals surface area (Å²) in [7, 11) is 1.69. The second-order valence-corrected chi connectivity index (χ2v) is 4.45. The molecule has 0 N–H and O–H groups in total. The lowest BCUT2D eigenvalue weighted by molar-refractivity contribution is 0.381. The van der Waals surface area contributed by atoms with Gasteiger partial charge in [-0.1, -0.05) is 12.1 Å². The fourth-order valence-electron chi connectivity index (χ4n) is 2.43. The van der Waals surface area contributed by atoms with E-state index in [0.717, 1.165) is 31.4 Å². The van der Waals surface area contributed by atoms with E-state index in [-0.39, 0.29) is 5.92 Å². The van der Waals surface area contributed by atoms with Crippen LogP contribution in [0.25, 0.3) is 0 Å².